The Kier molecular flexibility index (Phi) is 7.05. The second-order valence-corrected chi connectivity index (χ2v) is 8.53. The van der Waals surface area contributed by atoms with E-state index in [1.165, 1.54) is 5.56 Å². The summed E-state index contributed by atoms with van der Waals surface area (Å²) >= 11 is 1.62. The molecule has 3 aromatic rings. The number of hydrogen-bond acceptors (Lipinski definition) is 7. The number of thiophene rings is 1. The first kappa shape index (κ1) is 20.2. The standard InChI is InChI=1S/C22H28N4O2S/c27-19(16-18-6-2-1-3-7-18)17-26-13-11-25(12-14-26)10-4-9-21-23-22(24-28-21)20-8-5-15-29-20/h1-3,5-8,15,19,27H,4,9-14,16-17H2. The minimum atomic E-state index is -0.306. The second-order valence-electron chi connectivity index (χ2n) is 7.58. The molecule has 4 rings (SSSR count). The van der Waals surface area contributed by atoms with Crippen molar-refractivity contribution in [2.45, 2.75) is 25.4 Å². The zero-order valence-electron chi connectivity index (χ0n) is 16.6. The number of aliphatic hydroxyl groups excluding tert-OH is 1. The molecule has 1 unspecified atom stereocenters. The number of nitrogens with zero attached hydrogens (tertiary/aromatic N) is 4. The number of hydrogen-bond donors (Lipinski definition) is 1. The van der Waals surface area contributed by atoms with E-state index in [-0.39, 0.29) is 6.10 Å². The predicted molar refractivity (Wildman–Crippen MR) is 115 cm³/mol. The van der Waals surface area contributed by atoms with Gasteiger partial charge in [-0.05, 0) is 36.4 Å². The Morgan fingerprint density at radius 1 is 1.03 bits per heavy atom. The minimum Gasteiger partial charge on any atom is -0.391 e. The molecule has 1 fully saturated rings. The smallest absolute Gasteiger partial charge is 0.227 e. The second kappa shape index (κ2) is 10.1. The van der Waals surface area contributed by atoms with E-state index >= 15 is 0 Å². The fraction of sp³-hybridized carbons (Fsp3) is 0.455. The first-order chi connectivity index (χ1) is 14.3. The molecule has 1 aliphatic heterocycles. The normalized spacial score (nSPS) is 16.9. The van der Waals surface area contributed by atoms with Crippen molar-refractivity contribution in [3.63, 3.8) is 0 Å². The van der Waals surface area contributed by atoms with Crippen molar-refractivity contribution >= 4 is 11.3 Å². The van der Waals surface area contributed by atoms with Gasteiger partial charge in [0.2, 0.25) is 11.7 Å². The molecular weight excluding hydrogens is 384 g/mol. The van der Waals surface area contributed by atoms with E-state index in [2.05, 4.69) is 32.1 Å². The van der Waals surface area contributed by atoms with Gasteiger partial charge in [0.1, 0.15) is 0 Å². The molecule has 0 aliphatic carbocycles. The fourth-order valence-electron chi connectivity index (χ4n) is 3.76. The quantitative estimate of drug-likeness (QED) is 0.583. The molecule has 1 N–H and O–H groups in total. The Hall–Kier alpha value is -2.06. The molecule has 2 aromatic heterocycles. The molecule has 6 nitrogen and oxygen atoms in total. The SMILES string of the molecule is OC(Cc1ccccc1)CN1CCN(CCCc2nc(-c3cccs3)no2)CC1. The van der Waals surface area contributed by atoms with Crippen LogP contribution >= 0.6 is 11.3 Å². The van der Waals surface area contributed by atoms with Gasteiger partial charge < -0.3 is 14.5 Å². The molecular formula is C22H28N4O2S. The van der Waals surface area contributed by atoms with Gasteiger partial charge in [-0.2, -0.15) is 4.98 Å². The van der Waals surface area contributed by atoms with Crippen LogP contribution in [0.3, 0.4) is 0 Å². The number of benzene rings is 1. The molecule has 0 amide bonds. The monoisotopic (exact) mass is 412 g/mol. The zero-order chi connectivity index (χ0) is 19.9. The van der Waals surface area contributed by atoms with Crippen LogP contribution < -0.4 is 0 Å². The highest BCUT2D eigenvalue weighted by Crippen LogP contribution is 2.21. The summed E-state index contributed by atoms with van der Waals surface area (Å²) in [5.74, 6) is 1.41. The maximum Gasteiger partial charge on any atom is 0.227 e. The van der Waals surface area contributed by atoms with E-state index in [0.29, 0.717) is 5.82 Å². The average Bonchev–Trinajstić information content (AvgIpc) is 3.42. The molecule has 0 radical (unpaired) electrons. The molecule has 1 aromatic carbocycles. The lowest BCUT2D eigenvalue weighted by Crippen LogP contribution is -2.48. The van der Waals surface area contributed by atoms with Gasteiger partial charge >= 0.3 is 0 Å². The van der Waals surface area contributed by atoms with Gasteiger partial charge in [0.25, 0.3) is 0 Å². The maximum absolute atomic E-state index is 10.4. The predicted octanol–water partition coefficient (Wildman–Crippen LogP) is 2.95. The van der Waals surface area contributed by atoms with Crippen LogP contribution in [0.25, 0.3) is 10.7 Å². The van der Waals surface area contributed by atoms with Crippen LogP contribution in [0.5, 0.6) is 0 Å². The van der Waals surface area contributed by atoms with Crippen molar-refractivity contribution in [3.8, 4) is 10.7 Å². The molecule has 1 saturated heterocycles. The molecule has 7 heteroatoms. The van der Waals surface area contributed by atoms with Gasteiger partial charge in [-0.1, -0.05) is 41.6 Å². The van der Waals surface area contributed by atoms with Crippen LogP contribution in [0.1, 0.15) is 17.9 Å². The highest BCUT2D eigenvalue weighted by Gasteiger charge is 2.19. The third kappa shape index (κ3) is 5.96. The van der Waals surface area contributed by atoms with Crippen molar-refractivity contribution in [2.24, 2.45) is 0 Å². The molecule has 1 atom stereocenters. The lowest BCUT2D eigenvalue weighted by atomic mass is 10.1. The van der Waals surface area contributed by atoms with Crippen LogP contribution in [0.2, 0.25) is 0 Å². The molecule has 3 heterocycles. The van der Waals surface area contributed by atoms with Crippen molar-refractivity contribution < 1.29 is 9.63 Å². The largest absolute Gasteiger partial charge is 0.391 e. The molecule has 154 valence electrons. The molecule has 0 saturated carbocycles. The lowest BCUT2D eigenvalue weighted by Gasteiger charge is -2.35. The van der Waals surface area contributed by atoms with Crippen LogP contribution in [-0.2, 0) is 12.8 Å². The molecule has 0 bridgehead atoms. The molecule has 0 spiro atoms. The summed E-state index contributed by atoms with van der Waals surface area (Å²) in [6, 6.07) is 14.2. The van der Waals surface area contributed by atoms with E-state index < -0.39 is 0 Å². The number of piperazine rings is 1. The number of rotatable bonds is 9. The van der Waals surface area contributed by atoms with E-state index in [1.54, 1.807) is 11.3 Å². The van der Waals surface area contributed by atoms with E-state index in [9.17, 15) is 5.11 Å². The molecule has 1 aliphatic rings. The summed E-state index contributed by atoms with van der Waals surface area (Å²) in [5, 5.41) is 16.5. The van der Waals surface area contributed by atoms with Crippen LogP contribution in [-0.4, -0.2) is 70.4 Å². The van der Waals surface area contributed by atoms with Crippen molar-refractivity contribution in [1.82, 2.24) is 19.9 Å². The van der Waals surface area contributed by atoms with Gasteiger partial charge in [-0.25, -0.2) is 0 Å². The summed E-state index contributed by atoms with van der Waals surface area (Å²) in [7, 11) is 0. The summed E-state index contributed by atoms with van der Waals surface area (Å²) in [4.78, 5) is 10.4. The highest BCUT2D eigenvalue weighted by molar-refractivity contribution is 7.13. The number of aromatic nitrogens is 2. The minimum absolute atomic E-state index is 0.306. The summed E-state index contributed by atoms with van der Waals surface area (Å²) in [5.41, 5.74) is 1.20. The third-order valence-electron chi connectivity index (χ3n) is 5.32. The fourth-order valence-corrected chi connectivity index (χ4v) is 4.41. The Morgan fingerprint density at radius 3 is 2.59 bits per heavy atom. The Morgan fingerprint density at radius 2 is 1.83 bits per heavy atom. The average molecular weight is 413 g/mol. The van der Waals surface area contributed by atoms with E-state index in [0.717, 1.165) is 69.3 Å². The number of β-amino-alcohol motifs (C(OH)–C–C–N with tert-alkyl or cyclic N) is 1. The van der Waals surface area contributed by atoms with Gasteiger partial charge in [0, 0.05) is 39.1 Å². The Bertz CT molecular complexity index is 845. The third-order valence-corrected chi connectivity index (χ3v) is 6.19. The van der Waals surface area contributed by atoms with Crippen LogP contribution in [0.15, 0.2) is 52.4 Å². The van der Waals surface area contributed by atoms with E-state index in [1.807, 2.05) is 35.7 Å². The summed E-state index contributed by atoms with van der Waals surface area (Å²) in [6.45, 7) is 5.89. The Balaban J connectivity index is 1.13. The summed E-state index contributed by atoms with van der Waals surface area (Å²) in [6.07, 6.45) is 2.24. The van der Waals surface area contributed by atoms with E-state index in [4.69, 9.17) is 4.52 Å². The van der Waals surface area contributed by atoms with Crippen LogP contribution in [0.4, 0.5) is 0 Å². The first-order valence-electron chi connectivity index (χ1n) is 10.3. The van der Waals surface area contributed by atoms with Crippen molar-refractivity contribution in [1.29, 1.82) is 0 Å². The van der Waals surface area contributed by atoms with Crippen molar-refractivity contribution in [2.75, 3.05) is 39.3 Å². The Labute approximate surface area is 175 Å². The van der Waals surface area contributed by atoms with Gasteiger partial charge in [-0.15, -0.1) is 11.3 Å². The first-order valence-corrected chi connectivity index (χ1v) is 11.2. The van der Waals surface area contributed by atoms with Gasteiger partial charge in [0.05, 0.1) is 11.0 Å². The van der Waals surface area contributed by atoms with Gasteiger partial charge in [-0.3, -0.25) is 4.90 Å². The van der Waals surface area contributed by atoms with Crippen molar-refractivity contribution in [3.05, 3.63) is 59.3 Å². The van der Waals surface area contributed by atoms with Crippen LogP contribution in [0, 0.1) is 0 Å². The molecule has 29 heavy (non-hydrogen) atoms. The highest BCUT2D eigenvalue weighted by atomic mass is 32.1. The number of aliphatic hydroxyl groups is 1. The maximum atomic E-state index is 10.4. The summed E-state index contributed by atoms with van der Waals surface area (Å²) < 4.78 is 5.38. The van der Waals surface area contributed by atoms with Gasteiger partial charge in [0.15, 0.2) is 0 Å². The number of aryl methyl sites for hydroxylation is 1. The topological polar surface area (TPSA) is 65.6 Å². The lowest BCUT2D eigenvalue weighted by molar-refractivity contribution is 0.0724. The zero-order valence-corrected chi connectivity index (χ0v) is 17.4.